The molecule has 0 bridgehead atoms. The number of hydrogen-bond donors (Lipinski definition) is 2. The van der Waals surface area contributed by atoms with E-state index in [-0.39, 0.29) is 16.8 Å². The summed E-state index contributed by atoms with van der Waals surface area (Å²) < 4.78 is 24.5. The number of amides is 1. The molecule has 0 atom stereocenters. The highest BCUT2D eigenvalue weighted by atomic mass is 32.2. The lowest BCUT2D eigenvalue weighted by Gasteiger charge is -2.14. The molecule has 0 unspecified atom stereocenters. The first-order valence-corrected chi connectivity index (χ1v) is 8.86. The number of rotatable bonds is 5. The van der Waals surface area contributed by atoms with E-state index in [0.29, 0.717) is 18.2 Å². The number of nitrogens with one attached hydrogen (secondary N) is 1. The minimum absolute atomic E-state index is 0.0206. The van der Waals surface area contributed by atoms with Crippen LogP contribution in [0.4, 0.5) is 0 Å². The quantitative estimate of drug-likeness (QED) is 0.865. The van der Waals surface area contributed by atoms with Crippen molar-refractivity contribution in [2.75, 3.05) is 6.54 Å². The second-order valence-electron chi connectivity index (χ2n) is 5.97. The molecule has 1 aromatic rings. The van der Waals surface area contributed by atoms with E-state index in [1.54, 1.807) is 4.57 Å². The first-order chi connectivity index (χ1) is 9.79. The van der Waals surface area contributed by atoms with Crippen molar-refractivity contribution in [3.63, 3.8) is 0 Å². The predicted molar refractivity (Wildman–Crippen MR) is 80.5 cm³/mol. The molecule has 0 radical (unpaired) electrons. The smallest absolute Gasteiger partial charge is 0.267 e. The zero-order chi connectivity index (χ0) is 15.6. The summed E-state index contributed by atoms with van der Waals surface area (Å²) >= 11 is 0. The molecule has 0 aliphatic heterocycles. The van der Waals surface area contributed by atoms with Crippen molar-refractivity contribution in [3.05, 3.63) is 18.0 Å². The lowest BCUT2D eigenvalue weighted by Crippen LogP contribution is -2.30. The molecule has 1 saturated carbocycles. The molecule has 0 spiro atoms. The Balaban J connectivity index is 2.16. The van der Waals surface area contributed by atoms with Crippen molar-refractivity contribution >= 4 is 15.9 Å². The topological polar surface area (TPSA) is 94.2 Å². The summed E-state index contributed by atoms with van der Waals surface area (Å²) in [4.78, 5) is 12.3. The molecule has 3 N–H and O–H groups in total. The zero-order valence-corrected chi connectivity index (χ0v) is 13.3. The van der Waals surface area contributed by atoms with E-state index in [1.807, 2.05) is 13.8 Å². The summed E-state index contributed by atoms with van der Waals surface area (Å²) in [5.74, 6) is 0.291. The Morgan fingerprint density at radius 1 is 1.43 bits per heavy atom. The molecule has 0 saturated heterocycles. The van der Waals surface area contributed by atoms with Crippen LogP contribution in [0.15, 0.2) is 17.2 Å². The normalized spacial score (nSPS) is 16.6. The van der Waals surface area contributed by atoms with Crippen LogP contribution in [0.3, 0.4) is 0 Å². The number of hydrogen-bond acceptors (Lipinski definition) is 3. The van der Waals surface area contributed by atoms with Crippen molar-refractivity contribution in [2.45, 2.75) is 50.5 Å². The van der Waals surface area contributed by atoms with Crippen LogP contribution in [0.25, 0.3) is 0 Å². The van der Waals surface area contributed by atoms with Gasteiger partial charge in [-0.1, -0.05) is 12.8 Å². The summed E-state index contributed by atoms with van der Waals surface area (Å²) in [5.41, 5.74) is 0.340. The Morgan fingerprint density at radius 2 is 2.05 bits per heavy atom. The Hall–Kier alpha value is -1.34. The van der Waals surface area contributed by atoms with Crippen LogP contribution in [0.5, 0.6) is 0 Å². The Kier molecular flexibility index (Phi) is 4.73. The number of carbonyl (C=O) groups is 1. The molecule has 1 heterocycles. The van der Waals surface area contributed by atoms with Crippen LogP contribution in [0.1, 0.15) is 56.1 Å². The van der Waals surface area contributed by atoms with Crippen LogP contribution < -0.4 is 10.5 Å². The largest absolute Gasteiger partial charge is 0.350 e. The Labute approximate surface area is 125 Å². The lowest BCUT2D eigenvalue weighted by molar-refractivity contribution is 0.0936. The number of nitrogens with two attached hydrogens (primary N) is 1. The second-order valence-corrected chi connectivity index (χ2v) is 7.53. The molecule has 1 aromatic heterocycles. The molecule has 0 aromatic carbocycles. The highest BCUT2D eigenvalue weighted by Crippen LogP contribution is 2.24. The molecule has 1 aliphatic rings. The molecule has 7 heteroatoms. The van der Waals surface area contributed by atoms with Crippen LogP contribution in [0.2, 0.25) is 0 Å². The maximum absolute atomic E-state index is 12.3. The number of aromatic nitrogens is 1. The number of sulfonamides is 1. The summed E-state index contributed by atoms with van der Waals surface area (Å²) in [6.07, 6.45) is 6.16. The van der Waals surface area contributed by atoms with E-state index in [2.05, 4.69) is 5.32 Å². The van der Waals surface area contributed by atoms with Gasteiger partial charge in [0.15, 0.2) is 0 Å². The van der Waals surface area contributed by atoms with Crippen LogP contribution in [-0.2, 0) is 10.0 Å². The average molecular weight is 313 g/mol. The average Bonchev–Trinajstić information content (AvgIpc) is 3.04. The first-order valence-electron chi connectivity index (χ1n) is 7.32. The number of primary sulfonamides is 1. The van der Waals surface area contributed by atoms with Gasteiger partial charge in [-0.2, -0.15) is 0 Å². The van der Waals surface area contributed by atoms with Gasteiger partial charge in [0.2, 0.25) is 10.0 Å². The van der Waals surface area contributed by atoms with Gasteiger partial charge in [0.05, 0.1) is 0 Å². The molecular formula is C14H23N3O3S. The highest BCUT2D eigenvalue weighted by molar-refractivity contribution is 7.89. The molecule has 1 aliphatic carbocycles. The minimum atomic E-state index is -3.80. The molecule has 118 valence electrons. The van der Waals surface area contributed by atoms with E-state index in [4.69, 9.17) is 5.14 Å². The van der Waals surface area contributed by atoms with Gasteiger partial charge >= 0.3 is 0 Å². The molecule has 1 fully saturated rings. The van der Waals surface area contributed by atoms with Gasteiger partial charge in [0.1, 0.15) is 10.6 Å². The van der Waals surface area contributed by atoms with Crippen molar-refractivity contribution in [1.82, 2.24) is 9.88 Å². The van der Waals surface area contributed by atoms with Crippen molar-refractivity contribution < 1.29 is 13.2 Å². The summed E-state index contributed by atoms with van der Waals surface area (Å²) in [7, 11) is -3.80. The fourth-order valence-electron chi connectivity index (χ4n) is 2.76. The number of nitrogens with zero attached hydrogens (tertiary/aromatic N) is 1. The van der Waals surface area contributed by atoms with Gasteiger partial charge in [-0.3, -0.25) is 4.79 Å². The third-order valence-corrected chi connectivity index (χ3v) is 4.85. The summed E-state index contributed by atoms with van der Waals surface area (Å²) in [6.45, 7) is 4.42. The monoisotopic (exact) mass is 313 g/mol. The third-order valence-electron chi connectivity index (χ3n) is 3.97. The van der Waals surface area contributed by atoms with E-state index in [1.165, 1.54) is 25.1 Å². The molecule has 21 heavy (non-hydrogen) atoms. The fourth-order valence-corrected chi connectivity index (χ4v) is 3.30. The van der Waals surface area contributed by atoms with Gasteiger partial charge in [-0.25, -0.2) is 13.6 Å². The fraction of sp³-hybridized carbons (Fsp3) is 0.643. The molecule has 1 amide bonds. The van der Waals surface area contributed by atoms with Gasteiger partial charge in [-0.15, -0.1) is 0 Å². The minimum Gasteiger partial charge on any atom is -0.350 e. The van der Waals surface area contributed by atoms with E-state index in [9.17, 15) is 13.2 Å². The predicted octanol–water partition coefficient (Wildman–Crippen LogP) is 1.64. The van der Waals surface area contributed by atoms with Crippen LogP contribution in [-0.4, -0.2) is 25.4 Å². The summed E-state index contributed by atoms with van der Waals surface area (Å²) in [6, 6.07) is 1.33. The third kappa shape index (κ3) is 3.85. The maximum atomic E-state index is 12.3. The van der Waals surface area contributed by atoms with E-state index >= 15 is 0 Å². The van der Waals surface area contributed by atoms with Gasteiger partial charge < -0.3 is 9.88 Å². The zero-order valence-electron chi connectivity index (χ0n) is 12.5. The van der Waals surface area contributed by atoms with Crippen molar-refractivity contribution in [2.24, 2.45) is 11.1 Å². The van der Waals surface area contributed by atoms with Gasteiger partial charge in [0, 0.05) is 18.8 Å². The van der Waals surface area contributed by atoms with Gasteiger partial charge in [0.25, 0.3) is 5.91 Å². The summed E-state index contributed by atoms with van der Waals surface area (Å²) in [5, 5.41) is 8.05. The first kappa shape index (κ1) is 16.0. The lowest BCUT2D eigenvalue weighted by atomic mass is 10.1. The highest BCUT2D eigenvalue weighted by Gasteiger charge is 2.21. The Bertz CT molecular complexity index is 613. The SMILES string of the molecule is CC(C)n1cc(S(N)(=O)=O)cc1C(=O)NCC1CCCC1. The van der Waals surface area contributed by atoms with Crippen molar-refractivity contribution in [3.8, 4) is 0 Å². The second kappa shape index (κ2) is 6.19. The maximum Gasteiger partial charge on any atom is 0.267 e. The molecule has 6 nitrogen and oxygen atoms in total. The van der Waals surface area contributed by atoms with Crippen molar-refractivity contribution in [1.29, 1.82) is 0 Å². The van der Waals surface area contributed by atoms with Gasteiger partial charge in [-0.05, 0) is 38.7 Å². The van der Waals surface area contributed by atoms with E-state index < -0.39 is 10.0 Å². The van der Waals surface area contributed by atoms with Crippen LogP contribution >= 0.6 is 0 Å². The van der Waals surface area contributed by atoms with E-state index in [0.717, 1.165) is 12.8 Å². The molecular weight excluding hydrogens is 290 g/mol. The van der Waals surface area contributed by atoms with Crippen LogP contribution in [0, 0.1) is 5.92 Å². The standard InChI is InChI=1S/C14H23N3O3S/c1-10(2)17-9-12(21(15,19)20)7-13(17)14(18)16-8-11-5-3-4-6-11/h7,9-11H,3-6,8H2,1-2H3,(H,16,18)(H2,15,19,20). The molecule has 2 rings (SSSR count). The number of carbonyl (C=O) groups excluding carboxylic acids is 1. The Morgan fingerprint density at radius 3 is 2.57 bits per heavy atom.